The number of rotatable bonds is 15. The van der Waals surface area contributed by atoms with E-state index in [0.717, 1.165) is 25.7 Å². The van der Waals surface area contributed by atoms with Gasteiger partial charge in [0.05, 0.1) is 5.56 Å². The maximum absolute atomic E-state index is 12.4. The van der Waals surface area contributed by atoms with Gasteiger partial charge in [0.15, 0.2) is 0 Å². The minimum atomic E-state index is -0.168. The van der Waals surface area contributed by atoms with E-state index in [9.17, 15) is 4.79 Å². The number of benzene rings is 1. The van der Waals surface area contributed by atoms with Crippen molar-refractivity contribution in [3.63, 3.8) is 0 Å². The minimum absolute atomic E-state index is 0.0577. The number of ether oxygens (including phenoxy) is 1. The molecule has 0 aromatic heterocycles. The summed E-state index contributed by atoms with van der Waals surface area (Å²) >= 11 is 0. The smallest absolute Gasteiger partial charge is 0.338 e. The quantitative estimate of drug-likeness (QED) is 0.239. The average Bonchev–Trinajstić information content (AvgIpc) is 2.67. The molecule has 0 radical (unpaired) electrons. The van der Waals surface area contributed by atoms with Gasteiger partial charge in [0, 0.05) is 0 Å². The van der Waals surface area contributed by atoms with Crippen molar-refractivity contribution in [3.05, 3.63) is 35.4 Å². The van der Waals surface area contributed by atoms with Crippen LogP contribution in [0.2, 0.25) is 0 Å². The summed E-state index contributed by atoms with van der Waals surface area (Å²) in [4.78, 5) is 12.4. The largest absolute Gasteiger partial charge is 0.459 e. The van der Waals surface area contributed by atoms with Crippen LogP contribution in [-0.4, -0.2) is 12.1 Å². The highest BCUT2D eigenvalue weighted by Gasteiger charge is 2.14. The Balaban J connectivity index is 2.25. The van der Waals surface area contributed by atoms with E-state index < -0.39 is 0 Å². The van der Waals surface area contributed by atoms with Crippen LogP contribution in [0.15, 0.2) is 24.3 Å². The third-order valence-electron chi connectivity index (χ3n) is 5.12. The van der Waals surface area contributed by atoms with E-state index in [0.29, 0.717) is 5.56 Å². The predicted octanol–water partition coefficient (Wildman–Crippen LogP) is 7.50. The lowest BCUT2D eigenvalue weighted by Crippen LogP contribution is -2.17. The summed E-state index contributed by atoms with van der Waals surface area (Å²) < 4.78 is 5.73. The first-order valence-electron chi connectivity index (χ1n) is 11.0. The molecule has 2 nitrogen and oxygen atoms in total. The van der Waals surface area contributed by atoms with Gasteiger partial charge >= 0.3 is 5.97 Å². The number of aryl methyl sites for hydroxylation is 1. The van der Waals surface area contributed by atoms with Gasteiger partial charge in [0.25, 0.3) is 0 Å². The molecule has 1 atom stereocenters. The molecule has 1 unspecified atom stereocenters. The van der Waals surface area contributed by atoms with E-state index in [1.165, 1.54) is 63.4 Å². The molecule has 0 N–H and O–H groups in total. The van der Waals surface area contributed by atoms with Gasteiger partial charge in [0.1, 0.15) is 6.10 Å². The Hall–Kier alpha value is -1.31. The lowest BCUT2D eigenvalue weighted by Gasteiger charge is -2.16. The lowest BCUT2D eigenvalue weighted by molar-refractivity contribution is 0.0267. The number of hydrogen-bond acceptors (Lipinski definition) is 2. The maximum atomic E-state index is 12.4. The maximum Gasteiger partial charge on any atom is 0.338 e. The van der Waals surface area contributed by atoms with Gasteiger partial charge in [0.2, 0.25) is 0 Å². The topological polar surface area (TPSA) is 26.3 Å². The fourth-order valence-corrected chi connectivity index (χ4v) is 3.26. The van der Waals surface area contributed by atoms with E-state index in [1.54, 1.807) is 0 Å². The first kappa shape index (κ1) is 22.7. The minimum Gasteiger partial charge on any atom is -0.459 e. The average molecular weight is 361 g/mol. The molecule has 0 fully saturated rings. The van der Waals surface area contributed by atoms with Crippen LogP contribution in [0.3, 0.4) is 0 Å². The van der Waals surface area contributed by atoms with Crippen LogP contribution in [-0.2, 0) is 11.2 Å². The van der Waals surface area contributed by atoms with Crippen molar-refractivity contribution >= 4 is 5.97 Å². The molecule has 0 saturated heterocycles. The normalized spacial score (nSPS) is 12.1. The summed E-state index contributed by atoms with van der Waals surface area (Å²) in [5.41, 5.74) is 1.98. The van der Waals surface area contributed by atoms with Gasteiger partial charge < -0.3 is 4.74 Å². The molecule has 0 bridgehead atoms. The van der Waals surface area contributed by atoms with E-state index in [4.69, 9.17) is 4.74 Å². The van der Waals surface area contributed by atoms with Gasteiger partial charge in [-0.25, -0.2) is 4.79 Å². The fraction of sp³-hybridized carbons (Fsp3) is 0.708. The molecule has 0 aliphatic rings. The summed E-state index contributed by atoms with van der Waals surface area (Å²) in [5.74, 6) is -0.168. The second kappa shape index (κ2) is 14.8. The number of carbonyl (C=O) groups excluding carboxylic acids is 1. The summed E-state index contributed by atoms with van der Waals surface area (Å²) in [7, 11) is 0. The first-order valence-corrected chi connectivity index (χ1v) is 11.0. The van der Waals surface area contributed by atoms with Gasteiger partial charge in [-0.3, -0.25) is 0 Å². The van der Waals surface area contributed by atoms with E-state index >= 15 is 0 Å². The zero-order valence-corrected chi connectivity index (χ0v) is 17.4. The van der Waals surface area contributed by atoms with Crippen LogP contribution in [0.4, 0.5) is 0 Å². The highest BCUT2D eigenvalue weighted by molar-refractivity contribution is 5.89. The van der Waals surface area contributed by atoms with Crippen LogP contribution in [0.25, 0.3) is 0 Å². The molecule has 148 valence electrons. The molecule has 1 aromatic rings. The number of esters is 1. The third kappa shape index (κ3) is 9.99. The molecular formula is C24H40O2. The van der Waals surface area contributed by atoms with Gasteiger partial charge in [-0.1, -0.05) is 84.3 Å². The van der Waals surface area contributed by atoms with E-state index in [1.807, 2.05) is 12.1 Å². The van der Waals surface area contributed by atoms with Crippen molar-refractivity contribution in [2.75, 3.05) is 0 Å². The molecule has 0 saturated carbocycles. The standard InChI is InChI=1S/C24H40O2/c1-4-7-9-10-11-12-13-14-16-23(6-3)26-24(25)22-19-17-21(18-20-22)15-8-5-2/h17-20,23H,4-16H2,1-3H3. The van der Waals surface area contributed by atoms with Crippen molar-refractivity contribution < 1.29 is 9.53 Å². The molecule has 0 amide bonds. The van der Waals surface area contributed by atoms with Gasteiger partial charge in [-0.15, -0.1) is 0 Å². The molecular weight excluding hydrogens is 320 g/mol. The van der Waals surface area contributed by atoms with Crippen LogP contribution in [0.1, 0.15) is 114 Å². The zero-order valence-electron chi connectivity index (χ0n) is 17.4. The Bertz CT molecular complexity index is 464. The number of hydrogen-bond donors (Lipinski definition) is 0. The summed E-state index contributed by atoms with van der Waals surface area (Å²) in [6.45, 7) is 6.56. The summed E-state index contributed by atoms with van der Waals surface area (Å²) in [6, 6.07) is 7.95. The molecule has 2 heteroatoms. The van der Waals surface area contributed by atoms with E-state index in [2.05, 4.69) is 32.9 Å². The summed E-state index contributed by atoms with van der Waals surface area (Å²) in [6.07, 6.45) is 15.9. The Morgan fingerprint density at radius 2 is 1.38 bits per heavy atom. The number of unbranched alkanes of at least 4 members (excludes halogenated alkanes) is 8. The highest BCUT2D eigenvalue weighted by atomic mass is 16.5. The lowest BCUT2D eigenvalue weighted by atomic mass is 10.0. The fourth-order valence-electron chi connectivity index (χ4n) is 3.26. The van der Waals surface area contributed by atoms with E-state index in [-0.39, 0.29) is 12.1 Å². The van der Waals surface area contributed by atoms with Crippen molar-refractivity contribution in [2.24, 2.45) is 0 Å². The van der Waals surface area contributed by atoms with Crippen molar-refractivity contribution in [1.29, 1.82) is 0 Å². The summed E-state index contributed by atoms with van der Waals surface area (Å²) in [5, 5.41) is 0. The molecule has 0 spiro atoms. The van der Waals surface area contributed by atoms with Crippen LogP contribution >= 0.6 is 0 Å². The zero-order chi connectivity index (χ0) is 19.0. The first-order chi connectivity index (χ1) is 12.7. The molecule has 0 aliphatic carbocycles. The molecule has 1 aromatic carbocycles. The highest BCUT2D eigenvalue weighted by Crippen LogP contribution is 2.16. The van der Waals surface area contributed by atoms with Gasteiger partial charge in [-0.05, 0) is 49.8 Å². The predicted molar refractivity (Wildman–Crippen MR) is 112 cm³/mol. The third-order valence-corrected chi connectivity index (χ3v) is 5.12. The van der Waals surface area contributed by atoms with Crippen molar-refractivity contribution in [2.45, 2.75) is 110 Å². The van der Waals surface area contributed by atoms with Crippen LogP contribution in [0.5, 0.6) is 0 Å². The number of carbonyl (C=O) groups is 1. The van der Waals surface area contributed by atoms with Crippen LogP contribution in [0, 0.1) is 0 Å². The molecule has 1 rings (SSSR count). The molecule has 0 heterocycles. The van der Waals surface area contributed by atoms with Crippen molar-refractivity contribution in [1.82, 2.24) is 0 Å². The van der Waals surface area contributed by atoms with Crippen molar-refractivity contribution in [3.8, 4) is 0 Å². The second-order valence-corrected chi connectivity index (χ2v) is 7.50. The Labute approximate surface area is 161 Å². The monoisotopic (exact) mass is 360 g/mol. The van der Waals surface area contributed by atoms with Crippen LogP contribution < -0.4 is 0 Å². The Kier molecular flexibility index (Phi) is 13.0. The second-order valence-electron chi connectivity index (χ2n) is 7.50. The SMILES string of the molecule is CCCCCCCCCCC(CC)OC(=O)c1ccc(CCCC)cc1. The molecule has 0 aliphatic heterocycles. The molecule has 26 heavy (non-hydrogen) atoms. The Morgan fingerprint density at radius 1 is 0.808 bits per heavy atom. The Morgan fingerprint density at radius 3 is 1.96 bits per heavy atom. The van der Waals surface area contributed by atoms with Gasteiger partial charge in [-0.2, -0.15) is 0 Å².